The predicted molar refractivity (Wildman–Crippen MR) is 197 cm³/mol. The van der Waals surface area contributed by atoms with Gasteiger partial charge in [0.05, 0.1) is 20.6 Å². The molecule has 0 aromatic heterocycles. The Hall–Kier alpha value is -6.00. The Morgan fingerprint density at radius 3 is 1.98 bits per heavy atom. The van der Waals surface area contributed by atoms with Crippen molar-refractivity contribution in [1.82, 2.24) is 0 Å². The van der Waals surface area contributed by atoms with Gasteiger partial charge in [-0.05, 0) is 107 Å². The summed E-state index contributed by atoms with van der Waals surface area (Å²) in [4.78, 5) is 2.81. The number of anilines is 6. The smallest absolute Gasteiger partial charge is 0.256 e. The van der Waals surface area contributed by atoms with Crippen LogP contribution in [0.1, 0.15) is 30.2 Å². The summed E-state index contributed by atoms with van der Waals surface area (Å²) in [5.74, 6) is 0.364. The summed E-state index contributed by atoms with van der Waals surface area (Å²) in [6.07, 6.45) is 0. The molecule has 3 nitrogen and oxygen atoms in total. The van der Waals surface area contributed by atoms with Gasteiger partial charge in [0.1, 0.15) is 11.5 Å². The van der Waals surface area contributed by atoms with Crippen LogP contribution in [0.3, 0.4) is 0 Å². The number of hydrogen-bond acceptors (Lipinski definition) is 3. The molecule has 0 spiro atoms. The molecule has 0 unspecified atom stereocenters. The van der Waals surface area contributed by atoms with Crippen molar-refractivity contribution in [2.24, 2.45) is 0 Å². The molecule has 7 aromatic carbocycles. The fraction of sp³-hybridized carbons (Fsp3) is 0.0233. The normalized spacial score (nSPS) is 18.1. The molecule has 0 aliphatic carbocycles. The highest BCUT2D eigenvalue weighted by Gasteiger charge is 2.42. The molecule has 2 heterocycles. The first-order chi connectivity index (χ1) is 30.6. The van der Waals surface area contributed by atoms with Crippen LogP contribution in [0.15, 0.2) is 169 Å². The van der Waals surface area contributed by atoms with E-state index in [4.69, 9.17) is 29.4 Å². The van der Waals surface area contributed by atoms with Gasteiger partial charge in [0.25, 0.3) is 6.71 Å². The first kappa shape index (κ1) is 14.6. The van der Waals surface area contributed by atoms with Crippen LogP contribution in [-0.4, -0.2) is 6.71 Å². The molecule has 9 rings (SSSR count). The molecule has 0 fully saturated rings. The summed E-state index contributed by atoms with van der Waals surface area (Å²) in [6.45, 7) is -3.40. The van der Waals surface area contributed by atoms with Gasteiger partial charge in [-0.25, -0.2) is 0 Å². The highest BCUT2D eigenvalue weighted by molar-refractivity contribution is 6.99. The zero-order valence-electron chi connectivity index (χ0n) is 42.4. The highest BCUT2D eigenvalue weighted by Crippen LogP contribution is 2.44. The molecule has 222 valence electrons. The first-order valence-corrected chi connectivity index (χ1v) is 14.7. The Kier molecular flexibility index (Phi) is 3.46. The second kappa shape index (κ2) is 11.1. The number of para-hydroxylation sites is 3. The van der Waals surface area contributed by atoms with Crippen molar-refractivity contribution >= 4 is 57.2 Å². The largest absolute Gasteiger partial charge is 0.458 e. The molecular weight excluding hydrogens is 571 g/mol. The van der Waals surface area contributed by atoms with E-state index < -0.39 is 116 Å². The van der Waals surface area contributed by atoms with Crippen molar-refractivity contribution in [3.8, 4) is 22.6 Å². The molecule has 0 saturated carbocycles. The second-order valence-corrected chi connectivity index (χ2v) is 10.9. The van der Waals surface area contributed by atoms with E-state index in [0.29, 0.717) is 33.5 Å². The highest BCUT2D eigenvalue weighted by atomic mass is 16.5. The number of ether oxygens (including phenoxy) is 1. The van der Waals surface area contributed by atoms with Crippen molar-refractivity contribution in [3.63, 3.8) is 0 Å². The Labute approximate surface area is 301 Å². The van der Waals surface area contributed by atoms with Crippen LogP contribution in [0, 0.1) is 6.85 Å². The number of rotatable bonds is 5. The summed E-state index contributed by atoms with van der Waals surface area (Å²) in [7, 11) is 0. The lowest BCUT2D eigenvalue weighted by Gasteiger charge is -2.41. The number of benzene rings is 7. The van der Waals surface area contributed by atoms with E-state index in [-0.39, 0.29) is 33.9 Å². The van der Waals surface area contributed by atoms with E-state index >= 15 is 0 Å². The summed E-state index contributed by atoms with van der Waals surface area (Å²) >= 11 is 0. The number of hydrogen-bond donors (Lipinski definition) is 0. The van der Waals surface area contributed by atoms with Gasteiger partial charge in [0.2, 0.25) is 0 Å². The fourth-order valence-corrected chi connectivity index (χ4v) is 6.35. The molecule has 47 heavy (non-hydrogen) atoms. The maximum Gasteiger partial charge on any atom is 0.256 e. The van der Waals surface area contributed by atoms with Crippen molar-refractivity contribution in [2.75, 3.05) is 9.80 Å². The lowest BCUT2D eigenvalue weighted by Crippen LogP contribution is -2.59. The zero-order chi connectivity index (χ0) is 46.9. The van der Waals surface area contributed by atoms with E-state index in [9.17, 15) is 0 Å². The minimum Gasteiger partial charge on any atom is -0.458 e. The van der Waals surface area contributed by atoms with E-state index in [0.717, 1.165) is 4.90 Å². The minimum absolute atomic E-state index is 0.0150. The molecule has 2 aliphatic rings. The third-order valence-corrected chi connectivity index (χ3v) is 8.24. The summed E-state index contributed by atoms with van der Waals surface area (Å²) in [5.41, 5.74) is 2.03. The van der Waals surface area contributed by atoms with Gasteiger partial charge in [0.15, 0.2) is 0 Å². The van der Waals surface area contributed by atoms with E-state index in [1.54, 1.807) is 59.5 Å². The Morgan fingerprint density at radius 2 is 1.28 bits per heavy atom. The molecule has 0 bridgehead atoms. The molecule has 0 amide bonds. The van der Waals surface area contributed by atoms with Gasteiger partial charge in [-0.3, -0.25) is 0 Å². The van der Waals surface area contributed by atoms with Gasteiger partial charge < -0.3 is 14.5 Å². The number of fused-ring (bicyclic) bond motifs is 4. The maximum absolute atomic E-state index is 9.01. The first-order valence-electron chi connectivity index (χ1n) is 23.7. The van der Waals surface area contributed by atoms with Gasteiger partial charge >= 0.3 is 0 Å². The molecule has 0 radical (unpaired) electrons. The standard InChI is InChI=1S/C43H31BN2O/c1-30-26-40-43-42(27-30)47-41-28-32(31-14-6-2-7-15-31)22-24-38(41)44(43)37-25-23-36(29-39(37)46(40)35-20-12-5-13-21-35)45(33-16-8-3-9-17-33)34-18-10-4-11-19-34/h2-29H,1H3/i1D3,2D,3D,4D,6D,7D,8D,9D,10D,11D,14D,15D,16D,17D,18D,19D. The Balaban J connectivity index is 1.37. The lowest BCUT2D eigenvalue weighted by atomic mass is 9.34. The molecule has 4 heteroatoms. The fourth-order valence-electron chi connectivity index (χ4n) is 6.35. The van der Waals surface area contributed by atoms with E-state index in [2.05, 4.69) is 0 Å². The molecule has 7 aromatic rings. The zero-order valence-corrected chi connectivity index (χ0v) is 24.4. The molecule has 0 saturated heterocycles. The number of aryl methyl sites for hydroxylation is 1. The van der Waals surface area contributed by atoms with E-state index in [1.165, 1.54) is 24.3 Å². The topological polar surface area (TPSA) is 15.7 Å². The molecule has 2 aliphatic heterocycles. The molecule has 0 N–H and O–H groups in total. The quantitative estimate of drug-likeness (QED) is 0.178. The Morgan fingerprint density at radius 1 is 0.596 bits per heavy atom. The van der Waals surface area contributed by atoms with Gasteiger partial charge in [-0.15, -0.1) is 0 Å². The van der Waals surface area contributed by atoms with Crippen LogP contribution in [0.25, 0.3) is 11.1 Å². The van der Waals surface area contributed by atoms with Crippen LogP contribution in [0.5, 0.6) is 11.5 Å². The second-order valence-electron chi connectivity index (χ2n) is 10.9. The predicted octanol–water partition coefficient (Wildman–Crippen LogP) is 9.54. The van der Waals surface area contributed by atoms with Crippen molar-refractivity contribution in [3.05, 3.63) is 175 Å². The van der Waals surface area contributed by atoms with Crippen LogP contribution < -0.4 is 30.9 Å². The Bertz CT molecular complexity index is 3060. The third-order valence-electron chi connectivity index (χ3n) is 8.24. The lowest BCUT2D eigenvalue weighted by molar-refractivity contribution is 0.487. The van der Waals surface area contributed by atoms with Crippen LogP contribution in [-0.2, 0) is 0 Å². The van der Waals surface area contributed by atoms with Gasteiger partial charge in [-0.2, -0.15) is 0 Å². The monoisotopic (exact) mass is 620 g/mol. The molecule has 0 atom stereocenters. The van der Waals surface area contributed by atoms with Crippen LogP contribution in [0.4, 0.5) is 34.1 Å². The van der Waals surface area contributed by atoms with Gasteiger partial charge in [0, 0.05) is 38.2 Å². The average molecular weight is 621 g/mol. The van der Waals surface area contributed by atoms with Crippen molar-refractivity contribution < 1.29 is 29.4 Å². The van der Waals surface area contributed by atoms with Crippen LogP contribution in [0.2, 0.25) is 0 Å². The maximum atomic E-state index is 9.01. The summed E-state index contributed by atoms with van der Waals surface area (Å²) < 4.78 is 161. The van der Waals surface area contributed by atoms with E-state index in [1.807, 2.05) is 0 Å². The summed E-state index contributed by atoms with van der Waals surface area (Å²) in [6, 6.07) is 11.7. The SMILES string of the molecule is [2H]c1c([2H])c([2H])c(-c2ccc3c(c2)Oc2cc(C([2H])([2H])[2H])cc4c2B3c2ccc(N(c3c([2H])c([2H])c([2H])c([2H])c3[2H])c3c([2H])c([2H])c([2H])c([2H])c3[2H])cc2N4c2ccccc2)c([2H])c1[2H]. The van der Waals surface area contributed by atoms with Crippen LogP contribution >= 0.6 is 0 Å². The van der Waals surface area contributed by atoms with Crippen molar-refractivity contribution in [1.29, 1.82) is 0 Å². The third kappa shape index (κ3) is 4.61. The summed E-state index contributed by atoms with van der Waals surface area (Å²) in [5, 5.41) is 0. The number of nitrogens with zero attached hydrogens (tertiary/aromatic N) is 2. The minimum atomic E-state index is -2.66. The van der Waals surface area contributed by atoms with Crippen molar-refractivity contribution in [2.45, 2.75) is 6.85 Å². The molecular formula is C43H31BN2O. The average Bonchev–Trinajstić information content (AvgIpc) is 3.29. The van der Waals surface area contributed by atoms with Gasteiger partial charge in [-0.1, -0.05) is 103 Å².